The van der Waals surface area contributed by atoms with Crippen LogP contribution in [0.2, 0.25) is 5.02 Å². The van der Waals surface area contributed by atoms with E-state index in [1.165, 1.54) is 18.2 Å². The van der Waals surface area contributed by atoms with Crippen LogP contribution in [0.4, 0.5) is 4.39 Å². The van der Waals surface area contributed by atoms with Gasteiger partial charge >= 0.3 is 0 Å². The maximum Gasteiger partial charge on any atom is 0.123 e. The molecule has 0 fully saturated rings. The zero-order valence-corrected chi connectivity index (χ0v) is 10.4. The maximum atomic E-state index is 13.2. The van der Waals surface area contributed by atoms with Gasteiger partial charge in [-0.3, -0.25) is 0 Å². The third kappa shape index (κ3) is 2.35. The number of nitrogens with two attached hydrogens (primary N) is 1. The summed E-state index contributed by atoms with van der Waals surface area (Å²) in [5.41, 5.74) is 7.48. The van der Waals surface area contributed by atoms with Crippen LogP contribution in [0, 0.1) is 19.7 Å². The van der Waals surface area contributed by atoms with E-state index in [2.05, 4.69) is 0 Å². The van der Waals surface area contributed by atoms with Gasteiger partial charge in [-0.05, 0) is 43.7 Å². The standard InChI is InChI=1S/C13H13ClFNO/c1-7-5-10(8(2)17-7)13(16)11-6-9(15)3-4-12(11)14/h3-6,13H,16H2,1-2H3. The van der Waals surface area contributed by atoms with Crippen LogP contribution < -0.4 is 5.73 Å². The summed E-state index contributed by atoms with van der Waals surface area (Å²) < 4.78 is 18.6. The number of benzene rings is 1. The van der Waals surface area contributed by atoms with Crippen molar-refractivity contribution in [2.75, 3.05) is 0 Å². The van der Waals surface area contributed by atoms with Crippen LogP contribution in [0.25, 0.3) is 0 Å². The first kappa shape index (κ1) is 12.1. The molecule has 1 heterocycles. The Morgan fingerprint density at radius 2 is 1.94 bits per heavy atom. The smallest absolute Gasteiger partial charge is 0.123 e. The minimum absolute atomic E-state index is 0.349. The fraction of sp³-hybridized carbons (Fsp3) is 0.231. The lowest BCUT2D eigenvalue weighted by Crippen LogP contribution is -2.13. The number of halogens is 2. The Kier molecular flexibility index (Phi) is 3.22. The minimum Gasteiger partial charge on any atom is -0.466 e. The second kappa shape index (κ2) is 4.51. The third-order valence-corrected chi connectivity index (χ3v) is 3.05. The molecule has 2 aromatic rings. The SMILES string of the molecule is Cc1cc(C(N)c2cc(F)ccc2Cl)c(C)o1. The summed E-state index contributed by atoms with van der Waals surface area (Å²) in [7, 11) is 0. The Labute approximate surface area is 104 Å². The first-order chi connectivity index (χ1) is 7.99. The highest BCUT2D eigenvalue weighted by Crippen LogP contribution is 2.30. The molecule has 0 aliphatic rings. The largest absolute Gasteiger partial charge is 0.466 e. The number of aryl methyl sites for hydroxylation is 2. The highest BCUT2D eigenvalue weighted by molar-refractivity contribution is 6.31. The predicted molar refractivity (Wildman–Crippen MR) is 65.6 cm³/mol. The van der Waals surface area contributed by atoms with Gasteiger partial charge in [-0.25, -0.2) is 4.39 Å². The Bertz CT molecular complexity index is 550. The van der Waals surface area contributed by atoms with E-state index in [0.717, 1.165) is 17.1 Å². The molecule has 0 amide bonds. The van der Waals surface area contributed by atoms with Crippen molar-refractivity contribution in [1.29, 1.82) is 0 Å². The van der Waals surface area contributed by atoms with E-state index < -0.39 is 6.04 Å². The Hall–Kier alpha value is -1.32. The van der Waals surface area contributed by atoms with Crippen molar-refractivity contribution >= 4 is 11.6 Å². The van der Waals surface area contributed by atoms with Crippen LogP contribution in [0.1, 0.15) is 28.7 Å². The summed E-state index contributed by atoms with van der Waals surface area (Å²) in [5, 5.41) is 0.456. The molecule has 2 N–H and O–H groups in total. The molecule has 2 nitrogen and oxygen atoms in total. The first-order valence-corrected chi connectivity index (χ1v) is 5.64. The summed E-state index contributed by atoms with van der Waals surface area (Å²) in [6.07, 6.45) is 0. The fourth-order valence-corrected chi connectivity index (χ4v) is 2.11. The van der Waals surface area contributed by atoms with Gasteiger partial charge in [0.25, 0.3) is 0 Å². The van der Waals surface area contributed by atoms with Crippen LogP contribution in [-0.4, -0.2) is 0 Å². The second-order valence-electron chi connectivity index (χ2n) is 4.01. The van der Waals surface area contributed by atoms with Gasteiger partial charge < -0.3 is 10.2 Å². The first-order valence-electron chi connectivity index (χ1n) is 5.26. The van der Waals surface area contributed by atoms with E-state index in [9.17, 15) is 4.39 Å². The van der Waals surface area contributed by atoms with Crippen LogP contribution >= 0.6 is 11.6 Å². The molecular weight excluding hydrogens is 241 g/mol. The topological polar surface area (TPSA) is 39.2 Å². The van der Waals surface area contributed by atoms with E-state index >= 15 is 0 Å². The van der Waals surface area contributed by atoms with Crippen LogP contribution in [-0.2, 0) is 0 Å². The van der Waals surface area contributed by atoms with Gasteiger partial charge in [-0.2, -0.15) is 0 Å². The van der Waals surface area contributed by atoms with Gasteiger partial charge in [-0.15, -0.1) is 0 Å². The number of hydrogen-bond donors (Lipinski definition) is 1. The summed E-state index contributed by atoms with van der Waals surface area (Å²) in [6.45, 7) is 3.67. The second-order valence-corrected chi connectivity index (χ2v) is 4.42. The van der Waals surface area contributed by atoms with Crippen LogP contribution in [0.5, 0.6) is 0 Å². The average Bonchev–Trinajstić information content (AvgIpc) is 2.60. The van der Waals surface area contributed by atoms with Crippen LogP contribution in [0.3, 0.4) is 0 Å². The molecule has 2 rings (SSSR count). The zero-order valence-electron chi connectivity index (χ0n) is 9.63. The Morgan fingerprint density at radius 3 is 2.53 bits per heavy atom. The molecule has 1 aromatic heterocycles. The van der Waals surface area contributed by atoms with Crippen molar-refractivity contribution in [3.63, 3.8) is 0 Å². The molecule has 0 spiro atoms. The van der Waals surface area contributed by atoms with E-state index in [4.69, 9.17) is 21.8 Å². The highest BCUT2D eigenvalue weighted by atomic mass is 35.5. The average molecular weight is 254 g/mol. The molecule has 1 unspecified atom stereocenters. The lowest BCUT2D eigenvalue weighted by molar-refractivity contribution is 0.499. The molecule has 90 valence electrons. The summed E-state index contributed by atoms with van der Waals surface area (Å²) in [4.78, 5) is 0. The Morgan fingerprint density at radius 1 is 1.24 bits per heavy atom. The molecule has 1 aromatic carbocycles. The molecule has 17 heavy (non-hydrogen) atoms. The van der Waals surface area contributed by atoms with Gasteiger partial charge in [0.05, 0.1) is 6.04 Å². The predicted octanol–water partition coefficient (Wildman–Crippen LogP) is 3.74. The zero-order chi connectivity index (χ0) is 12.6. The summed E-state index contributed by atoms with van der Waals surface area (Å²) >= 11 is 6.02. The molecule has 0 radical (unpaired) electrons. The van der Waals surface area contributed by atoms with E-state index in [1.807, 2.05) is 19.9 Å². The minimum atomic E-state index is -0.476. The van der Waals surface area contributed by atoms with Gasteiger partial charge in [-0.1, -0.05) is 11.6 Å². The molecule has 4 heteroatoms. The lowest BCUT2D eigenvalue weighted by Gasteiger charge is -2.13. The quantitative estimate of drug-likeness (QED) is 0.886. The maximum absolute atomic E-state index is 13.2. The van der Waals surface area contributed by atoms with Crippen molar-refractivity contribution in [2.24, 2.45) is 5.73 Å². The van der Waals surface area contributed by atoms with E-state index in [0.29, 0.717) is 10.6 Å². The van der Waals surface area contributed by atoms with Crippen molar-refractivity contribution in [3.8, 4) is 0 Å². The van der Waals surface area contributed by atoms with Gasteiger partial charge in [0.2, 0.25) is 0 Å². The van der Waals surface area contributed by atoms with Crippen molar-refractivity contribution < 1.29 is 8.81 Å². The molecule has 0 saturated carbocycles. The number of rotatable bonds is 2. The molecule has 0 bridgehead atoms. The summed E-state index contributed by atoms with van der Waals surface area (Å²) in [6, 6.07) is 5.55. The Balaban J connectivity index is 2.46. The fourth-order valence-electron chi connectivity index (χ4n) is 1.88. The number of hydrogen-bond acceptors (Lipinski definition) is 2. The molecular formula is C13H13ClFNO. The molecule has 0 aliphatic carbocycles. The van der Waals surface area contributed by atoms with E-state index in [1.54, 1.807) is 0 Å². The van der Waals surface area contributed by atoms with Crippen molar-refractivity contribution in [2.45, 2.75) is 19.9 Å². The molecule has 0 saturated heterocycles. The summed E-state index contributed by atoms with van der Waals surface area (Å²) in [5.74, 6) is 1.16. The lowest BCUT2D eigenvalue weighted by atomic mass is 10.00. The normalized spacial score (nSPS) is 12.8. The van der Waals surface area contributed by atoms with Crippen molar-refractivity contribution in [3.05, 3.63) is 57.8 Å². The van der Waals surface area contributed by atoms with Gasteiger partial charge in [0.15, 0.2) is 0 Å². The van der Waals surface area contributed by atoms with Gasteiger partial charge in [0, 0.05) is 10.6 Å². The van der Waals surface area contributed by atoms with Crippen molar-refractivity contribution in [1.82, 2.24) is 0 Å². The molecule has 1 atom stereocenters. The van der Waals surface area contributed by atoms with Gasteiger partial charge in [0.1, 0.15) is 17.3 Å². The third-order valence-electron chi connectivity index (χ3n) is 2.71. The monoisotopic (exact) mass is 253 g/mol. The molecule has 0 aliphatic heterocycles. The highest BCUT2D eigenvalue weighted by Gasteiger charge is 2.18. The van der Waals surface area contributed by atoms with E-state index in [-0.39, 0.29) is 5.82 Å². The van der Waals surface area contributed by atoms with Crippen LogP contribution in [0.15, 0.2) is 28.7 Å². The number of furan rings is 1.